The number of rotatable bonds is 4. The highest BCUT2D eigenvalue weighted by atomic mass is 16.1. The Morgan fingerprint density at radius 3 is 2.53 bits per heavy atom. The Kier molecular flexibility index (Phi) is 4.57. The van der Waals surface area contributed by atoms with E-state index in [1.165, 1.54) is 0 Å². The van der Waals surface area contributed by atoms with Crippen LogP contribution in [0.4, 0.5) is 5.95 Å². The van der Waals surface area contributed by atoms with Crippen LogP contribution in [0.2, 0.25) is 0 Å². The molecule has 17 heavy (non-hydrogen) atoms. The summed E-state index contributed by atoms with van der Waals surface area (Å²) in [6.07, 6.45) is 4.25. The van der Waals surface area contributed by atoms with E-state index in [1.807, 2.05) is 0 Å². The second-order valence-electron chi connectivity index (χ2n) is 5.35. The van der Waals surface area contributed by atoms with Crippen molar-refractivity contribution in [3.8, 4) is 0 Å². The van der Waals surface area contributed by atoms with Crippen molar-refractivity contribution >= 4 is 11.9 Å². The zero-order valence-electron chi connectivity index (χ0n) is 10.6. The molecular formula is C12H20N4O. The molecule has 0 aromatic carbocycles. The summed E-state index contributed by atoms with van der Waals surface area (Å²) in [5.41, 5.74) is 6.04. The van der Waals surface area contributed by atoms with E-state index >= 15 is 0 Å². The topological polar surface area (TPSA) is 80.9 Å². The highest BCUT2D eigenvalue weighted by Gasteiger charge is 2.18. The summed E-state index contributed by atoms with van der Waals surface area (Å²) in [5, 5.41) is 2.62. The lowest BCUT2D eigenvalue weighted by Gasteiger charge is -2.22. The number of nitrogens with zero attached hydrogens (tertiary/aromatic N) is 2. The maximum absolute atomic E-state index is 11.6. The van der Waals surface area contributed by atoms with Gasteiger partial charge in [0.15, 0.2) is 0 Å². The lowest BCUT2D eigenvalue weighted by Crippen LogP contribution is -2.31. The summed E-state index contributed by atoms with van der Waals surface area (Å²) in [5.74, 6) is 0.174. The SMILES string of the molecule is CC(C)(C)CC(N)CC(=O)Nc1ncccn1. The van der Waals surface area contributed by atoms with Crippen molar-refractivity contribution in [3.05, 3.63) is 18.5 Å². The number of nitrogens with one attached hydrogen (secondary N) is 1. The van der Waals surface area contributed by atoms with E-state index in [2.05, 4.69) is 36.1 Å². The number of carbonyl (C=O) groups is 1. The van der Waals surface area contributed by atoms with Gasteiger partial charge in [0.1, 0.15) is 0 Å². The molecule has 0 saturated heterocycles. The minimum Gasteiger partial charge on any atom is -0.327 e. The van der Waals surface area contributed by atoms with E-state index < -0.39 is 0 Å². The quantitative estimate of drug-likeness (QED) is 0.831. The predicted octanol–water partition coefficient (Wildman–Crippen LogP) is 1.57. The van der Waals surface area contributed by atoms with E-state index in [4.69, 9.17) is 5.73 Å². The molecule has 5 nitrogen and oxygen atoms in total. The molecule has 0 bridgehead atoms. The van der Waals surface area contributed by atoms with E-state index in [0.717, 1.165) is 6.42 Å². The Hall–Kier alpha value is -1.49. The summed E-state index contributed by atoms with van der Waals surface area (Å²) in [4.78, 5) is 19.5. The lowest BCUT2D eigenvalue weighted by molar-refractivity contribution is -0.116. The van der Waals surface area contributed by atoms with Crippen LogP contribution in [0.3, 0.4) is 0 Å². The standard InChI is InChI=1S/C12H20N4O/c1-12(2,3)8-9(13)7-10(17)16-11-14-5-4-6-15-11/h4-6,9H,7-8,13H2,1-3H3,(H,14,15,16,17). The second kappa shape index (κ2) is 5.72. The van der Waals surface area contributed by atoms with Crippen LogP contribution in [0.25, 0.3) is 0 Å². The summed E-state index contributed by atoms with van der Waals surface area (Å²) in [6, 6.07) is 1.56. The maximum atomic E-state index is 11.6. The highest BCUT2D eigenvalue weighted by molar-refractivity contribution is 5.89. The van der Waals surface area contributed by atoms with Crippen LogP contribution in [0.15, 0.2) is 18.5 Å². The van der Waals surface area contributed by atoms with Gasteiger partial charge >= 0.3 is 0 Å². The third-order valence-corrected chi connectivity index (χ3v) is 2.14. The van der Waals surface area contributed by atoms with Gasteiger partial charge < -0.3 is 5.73 Å². The molecule has 94 valence electrons. The first-order chi connectivity index (χ1) is 7.87. The molecule has 0 radical (unpaired) electrons. The van der Waals surface area contributed by atoms with Gasteiger partial charge in [-0.15, -0.1) is 0 Å². The van der Waals surface area contributed by atoms with Crippen molar-refractivity contribution in [3.63, 3.8) is 0 Å². The maximum Gasteiger partial charge on any atom is 0.229 e. The number of carbonyl (C=O) groups excluding carboxylic acids is 1. The number of hydrogen-bond acceptors (Lipinski definition) is 4. The smallest absolute Gasteiger partial charge is 0.229 e. The van der Waals surface area contributed by atoms with Gasteiger partial charge in [-0.2, -0.15) is 0 Å². The van der Waals surface area contributed by atoms with Gasteiger partial charge in [0.05, 0.1) is 0 Å². The van der Waals surface area contributed by atoms with Crippen LogP contribution in [-0.2, 0) is 4.79 Å². The highest BCUT2D eigenvalue weighted by Crippen LogP contribution is 2.21. The zero-order valence-corrected chi connectivity index (χ0v) is 10.6. The molecule has 1 heterocycles. The third kappa shape index (κ3) is 5.97. The van der Waals surface area contributed by atoms with Gasteiger partial charge in [0, 0.05) is 24.9 Å². The molecule has 1 aromatic rings. The summed E-state index contributed by atoms with van der Waals surface area (Å²) < 4.78 is 0. The normalized spacial score (nSPS) is 13.2. The Bertz CT molecular complexity index is 359. The lowest BCUT2D eigenvalue weighted by atomic mass is 9.87. The molecule has 0 aliphatic heterocycles. The monoisotopic (exact) mass is 236 g/mol. The van der Waals surface area contributed by atoms with Crippen molar-refractivity contribution in [1.82, 2.24) is 9.97 Å². The largest absolute Gasteiger partial charge is 0.327 e. The Morgan fingerprint density at radius 1 is 1.41 bits per heavy atom. The third-order valence-electron chi connectivity index (χ3n) is 2.14. The van der Waals surface area contributed by atoms with Gasteiger partial charge in [-0.05, 0) is 17.9 Å². The summed E-state index contributed by atoms with van der Waals surface area (Å²) >= 11 is 0. The first-order valence-corrected chi connectivity index (χ1v) is 5.69. The zero-order chi connectivity index (χ0) is 12.9. The molecule has 1 amide bonds. The first kappa shape index (κ1) is 13.6. The van der Waals surface area contributed by atoms with Gasteiger partial charge in [0.2, 0.25) is 11.9 Å². The van der Waals surface area contributed by atoms with E-state index in [-0.39, 0.29) is 23.8 Å². The van der Waals surface area contributed by atoms with Crippen molar-refractivity contribution < 1.29 is 4.79 Å². The van der Waals surface area contributed by atoms with Crippen molar-refractivity contribution in [2.24, 2.45) is 11.1 Å². The second-order valence-corrected chi connectivity index (χ2v) is 5.35. The Labute approximate surface area is 102 Å². The van der Waals surface area contributed by atoms with E-state index in [1.54, 1.807) is 18.5 Å². The summed E-state index contributed by atoms with van der Waals surface area (Å²) in [7, 11) is 0. The molecule has 1 atom stereocenters. The Morgan fingerprint density at radius 2 is 2.00 bits per heavy atom. The molecule has 0 aliphatic carbocycles. The average molecular weight is 236 g/mol. The number of amides is 1. The van der Waals surface area contributed by atoms with Crippen LogP contribution < -0.4 is 11.1 Å². The van der Waals surface area contributed by atoms with Crippen LogP contribution in [0.5, 0.6) is 0 Å². The number of nitrogens with two attached hydrogens (primary N) is 1. The molecule has 1 rings (SSSR count). The van der Waals surface area contributed by atoms with Crippen molar-refractivity contribution in [2.75, 3.05) is 5.32 Å². The number of hydrogen-bond donors (Lipinski definition) is 2. The minimum absolute atomic E-state index is 0.128. The van der Waals surface area contributed by atoms with Crippen LogP contribution in [-0.4, -0.2) is 21.9 Å². The number of anilines is 1. The molecule has 1 unspecified atom stereocenters. The van der Waals surface area contributed by atoms with E-state index in [0.29, 0.717) is 5.95 Å². The fourth-order valence-electron chi connectivity index (χ4n) is 1.64. The molecule has 0 aliphatic rings. The average Bonchev–Trinajstić information content (AvgIpc) is 2.15. The fraction of sp³-hybridized carbons (Fsp3) is 0.583. The fourth-order valence-corrected chi connectivity index (χ4v) is 1.64. The number of aromatic nitrogens is 2. The van der Waals surface area contributed by atoms with Crippen LogP contribution in [0.1, 0.15) is 33.6 Å². The van der Waals surface area contributed by atoms with E-state index in [9.17, 15) is 4.79 Å². The molecule has 0 saturated carbocycles. The van der Waals surface area contributed by atoms with Gasteiger partial charge in [0.25, 0.3) is 0 Å². The summed E-state index contributed by atoms with van der Waals surface area (Å²) in [6.45, 7) is 6.31. The molecular weight excluding hydrogens is 216 g/mol. The minimum atomic E-state index is -0.145. The first-order valence-electron chi connectivity index (χ1n) is 5.69. The van der Waals surface area contributed by atoms with Gasteiger partial charge in [-0.1, -0.05) is 20.8 Å². The predicted molar refractivity (Wildman–Crippen MR) is 67.3 cm³/mol. The molecule has 0 fully saturated rings. The van der Waals surface area contributed by atoms with Crippen molar-refractivity contribution in [2.45, 2.75) is 39.7 Å². The van der Waals surface area contributed by atoms with Gasteiger partial charge in [-0.25, -0.2) is 9.97 Å². The molecule has 5 heteroatoms. The Balaban J connectivity index is 2.40. The van der Waals surface area contributed by atoms with Crippen LogP contribution >= 0.6 is 0 Å². The van der Waals surface area contributed by atoms with Gasteiger partial charge in [-0.3, -0.25) is 10.1 Å². The molecule has 3 N–H and O–H groups in total. The van der Waals surface area contributed by atoms with Crippen LogP contribution in [0, 0.1) is 5.41 Å². The molecule has 0 spiro atoms. The molecule has 1 aromatic heterocycles. The van der Waals surface area contributed by atoms with Crippen molar-refractivity contribution in [1.29, 1.82) is 0 Å².